The lowest BCUT2D eigenvalue weighted by atomic mass is 10.1. The first-order chi connectivity index (χ1) is 10.2. The van der Waals surface area contributed by atoms with Gasteiger partial charge >= 0.3 is 0 Å². The summed E-state index contributed by atoms with van der Waals surface area (Å²) in [6.45, 7) is 0.371. The van der Waals surface area contributed by atoms with Crippen molar-refractivity contribution in [3.63, 3.8) is 0 Å². The second-order valence-corrected chi connectivity index (χ2v) is 4.84. The van der Waals surface area contributed by atoms with Gasteiger partial charge in [-0.15, -0.1) is 0 Å². The Balaban J connectivity index is 1.83. The number of aliphatic hydroxyl groups is 1. The molecule has 0 aliphatic rings. The SMILES string of the molecule is O[C@@H](Cn1ccnc1-c1ccccc1)c1ccc(F)cc1. The van der Waals surface area contributed by atoms with E-state index in [0.717, 1.165) is 11.4 Å². The van der Waals surface area contributed by atoms with Gasteiger partial charge in [-0.05, 0) is 17.7 Å². The topological polar surface area (TPSA) is 38.0 Å². The minimum atomic E-state index is -0.706. The maximum atomic E-state index is 12.9. The zero-order valence-corrected chi connectivity index (χ0v) is 11.4. The summed E-state index contributed by atoms with van der Waals surface area (Å²) in [5.41, 5.74) is 1.68. The van der Waals surface area contributed by atoms with Crippen LogP contribution in [-0.4, -0.2) is 14.7 Å². The van der Waals surface area contributed by atoms with Crippen LogP contribution in [0.2, 0.25) is 0 Å². The number of hydrogen-bond donors (Lipinski definition) is 1. The Kier molecular flexibility index (Phi) is 3.79. The van der Waals surface area contributed by atoms with Gasteiger partial charge < -0.3 is 9.67 Å². The van der Waals surface area contributed by atoms with Gasteiger partial charge in [0.15, 0.2) is 0 Å². The van der Waals surface area contributed by atoms with E-state index in [9.17, 15) is 9.50 Å². The van der Waals surface area contributed by atoms with Gasteiger partial charge in [-0.3, -0.25) is 0 Å². The van der Waals surface area contributed by atoms with Crippen LogP contribution < -0.4 is 0 Å². The van der Waals surface area contributed by atoms with Gasteiger partial charge in [0, 0.05) is 18.0 Å². The lowest BCUT2D eigenvalue weighted by Gasteiger charge is -2.14. The number of imidazole rings is 1. The second-order valence-electron chi connectivity index (χ2n) is 4.84. The summed E-state index contributed by atoms with van der Waals surface area (Å²) in [5, 5.41) is 10.3. The Hall–Kier alpha value is -2.46. The van der Waals surface area contributed by atoms with Gasteiger partial charge in [-0.2, -0.15) is 0 Å². The Morgan fingerprint density at radius 3 is 2.48 bits per heavy atom. The Bertz CT molecular complexity index is 707. The smallest absolute Gasteiger partial charge is 0.139 e. The molecule has 3 aromatic rings. The highest BCUT2D eigenvalue weighted by atomic mass is 19.1. The summed E-state index contributed by atoms with van der Waals surface area (Å²) in [7, 11) is 0. The van der Waals surface area contributed by atoms with E-state index in [1.54, 1.807) is 18.3 Å². The minimum Gasteiger partial charge on any atom is -0.387 e. The highest BCUT2D eigenvalue weighted by Gasteiger charge is 2.12. The molecule has 0 fully saturated rings. The number of halogens is 1. The molecule has 0 saturated carbocycles. The third-order valence-electron chi connectivity index (χ3n) is 3.37. The number of rotatable bonds is 4. The third-order valence-corrected chi connectivity index (χ3v) is 3.37. The van der Waals surface area contributed by atoms with E-state index >= 15 is 0 Å². The van der Waals surface area contributed by atoms with E-state index in [-0.39, 0.29) is 5.82 Å². The van der Waals surface area contributed by atoms with E-state index in [4.69, 9.17) is 0 Å². The average Bonchev–Trinajstić information content (AvgIpc) is 2.97. The van der Waals surface area contributed by atoms with Crippen molar-refractivity contribution in [1.29, 1.82) is 0 Å². The lowest BCUT2D eigenvalue weighted by Crippen LogP contribution is -2.09. The zero-order chi connectivity index (χ0) is 14.7. The van der Waals surface area contributed by atoms with Crippen molar-refractivity contribution < 1.29 is 9.50 Å². The van der Waals surface area contributed by atoms with Crippen LogP contribution in [0.15, 0.2) is 67.0 Å². The molecule has 1 atom stereocenters. The number of hydrogen-bond acceptors (Lipinski definition) is 2. The fraction of sp³-hybridized carbons (Fsp3) is 0.118. The van der Waals surface area contributed by atoms with Gasteiger partial charge in [0.25, 0.3) is 0 Å². The molecule has 1 N–H and O–H groups in total. The van der Waals surface area contributed by atoms with Crippen molar-refractivity contribution in [1.82, 2.24) is 9.55 Å². The second kappa shape index (κ2) is 5.89. The standard InChI is InChI=1S/C17H15FN2O/c18-15-8-6-13(7-9-15)16(21)12-20-11-10-19-17(20)14-4-2-1-3-5-14/h1-11,16,21H,12H2/t16-/m0/s1. The van der Waals surface area contributed by atoms with Crippen molar-refractivity contribution in [3.05, 3.63) is 78.4 Å². The summed E-state index contributed by atoms with van der Waals surface area (Å²) in [6.07, 6.45) is 2.83. The van der Waals surface area contributed by atoms with E-state index in [1.807, 2.05) is 41.1 Å². The Morgan fingerprint density at radius 1 is 1.05 bits per heavy atom. The molecule has 4 heteroatoms. The molecule has 1 heterocycles. The Morgan fingerprint density at radius 2 is 1.76 bits per heavy atom. The van der Waals surface area contributed by atoms with E-state index in [2.05, 4.69) is 4.98 Å². The fourth-order valence-electron chi connectivity index (χ4n) is 2.28. The van der Waals surface area contributed by atoms with Crippen molar-refractivity contribution in [2.24, 2.45) is 0 Å². The molecule has 0 aliphatic heterocycles. The van der Waals surface area contributed by atoms with Gasteiger partial charge in [-0.1, -0.05) is 42.5 Å². The maximum absolute atomic E-state index is 12.9. The number of benzene rings is 2. The number of aliphatic hydroxyl groups excluding tert-OH is 1. The molecule has 0 aliphatic carbocycles. The lowest BCUT2D eigenvalue weighted by molar-refractivity contribution is 0.157. The monoisotopic (exact) mass is 282 g/mol. The molecular formula is C17H15FN2O. The summed E-state index contributed by atoms with van der Waals surface area (Å²) < 4.78 is 14.8. The van der Waals surface area contributed by atoms with Crippen LogP contribution in [0, 0.1) is 5.82 Å². The van der Waals surface area contributed by atoms with E-state index in [0.29, 0.717) is 12.1 Å². The fourth-order valence-corrected chi connectivity index (χ4v) is 2.28. The molecule has 1 aromatic heterocycles. The molecule has 3 nitrogen and oxygen atoms in total. The van der Waals surface area contributed by atoms with Crippen LogP contribution in [0.4, 0.5) is 4.39 Å². The quantitative estimate of drug-likeness (QED) is 0.796. The molecule has 2 aromatic carbocycles. The summed E-state index contributed by atoms with van der Waals surface area (Å²) in [5.74, 6) is 0.496. The molecule has 3 rings (SSSR count). The molecule has 0 unspecified atom stereocenters. The molecule has 21 heavy (non-hydrogen) atoms. The molecule has 106 valence electrons. The van der Waals surface area contributed by atoms with Gasteiger partial charge in [-0.25, -0.2) is 9.37 Å². The highest BCUT2D eigenvalue weighted by molar-refractivity contribution is 5.55. The first-order valence-corrected chi connectivity index (χ1v) is 6.74. The highest BCUT2D eigenvalue weighted by Crippen LogP contribution is 2.21. The van der Waals surface area contributed by atoms with Crippen LogP contribution in [-0.2, 0) is 6.54 Å². The maximum Gasteiger partial charge on any atom is 0.139 e. The summed E-state index contributed by atoms with van der Waals surface area (Å²) in [4.78, 5) is 4.34. The molecule has 0 saturated heterocycles. The van der Waals surface area contributed by atoms with Crippen LogP contribution in [0.1, 0.15) is 11.7 Å². The predicted molar refractivity (Wildman–Crippen MR) is 79.0 cm³/mol. The van der Waals surface area contributed by atoms with Crippen LogP contribution >= 0.6 is 0 Å². The minimum absolute atomic E-state index is 0.307. The normalized spacial score (nSPS) is 12.3. The molecule has 0 amide bonds. The third kappa shape index (κ3) is 3.01. The molecule has 0 bridgehead atoms. The van der Waals surface area contributed by atoms with Crippen molar-refractivity contribution in [2.75, 3.05) is 0 Å². The van der Waals surface area contributed by atoms with Crippen molar-refractivity contribution in [3.8, 4) is 11.4 Å². The van der Waals surface area contributed by atoms with E-state index in [1.165, 1.54) is 12.1 Å². The van der Waals surface area contributed by atoms with Crippen LogP contribution in [0.5, 0.6) is 0 Å². The number of nitrogens with zero attached hydrogens (tertiary/aromatic N) is 2. The number of aromatic nitrogens is 2. The molecule has 0 radical (unpaired) electrons. The van der Waals surface area contributed by atoms with Gasteiger partial charge in [0.1, 0.15) is 11.6 Å². The van der Waals surface area contributed by atoms with E-state index < -0.39 is 6.10 Å². The van der Waals surface area contributed by atoms with Gasteiger partial charge in [0.2, 0.25) is 0 Å². The van der Waals surface area contributed by atoms with Gasteiger partial charge in [0.05, 0.1) is 12.6 Å². The van der Waals surface area contributed by atoms with Crippen molar-refractivity contribution in [2.45, 2.75) is 12.6 Å². The van der Waals surface area contributed by atoms with Crippen molar-refractivity contribution >= 4 is 0 Å². The largest absolute Gasteiger partial charge is 0.387 e. The summed E-state index contributed by atoms with van der Waals surface area (Å²) in [6, 6.07) is 15.7. The molecular weight excluding hydrogens is 267 g/mol. The molecule has 0 spiro atoms. The average molecular weight is 282 g/mol. The first-order valence-electron chi connectivity index (χ1n) is 6.74. The summed E-state index contributed by atoms with van der Waals surface area (Å²) >= 11 is 0. The first kappa shape index (κ1) is 13.5. The van der Waals surface area contributed by atoms with Crippen LogP contribution in [0.3, 0.4) is 0 Å². The Labute approximate surface area is 122 Å². The van der Waals surface area contributed by atoms with Crippen LogP contribution in [0.25, 0.3) is 11.4 Å². The zero-order valence-electron chi connectivity index (χ0n) is 11.4. The predicted octanol–water partition coefficient (Wildman–Crippen LogP) is 3.42.